The number of rotatable bonds is 7. The molecular weight excluding hydrogens is 232 g/mol. The van der Waals surface area contributed by atoms with Gasteiger partial charge in [0.15, 0.2) is 0 Å². The molecule has 1 rings (SSSR count). The fraction of sp³-hybridized carbons (Fsp3) is 0.647. The van der Waals surface area contributed by atoms with Crippen molar-refractivity contribution in [2.75, 3.05) is 20.1 Å². The van der Waals surface area contributed by atoms with Crippen molar-refractivity contribution in [3.05, 3.63) is 34.9 Å². The van der Waals surface area contributed by atoms with Gasteiger partial charge in [-0.1, -0.05) is 25.1 Å². The quantitative estimate of drug-likeness (QED) is 0.806. The second-order valence-electron chi connectivity index (χ2n) is 5.88. The van der Waals surface area contributed by atoms with Crippen LogP contribution in [0.15, 0.2) is 18.2 Å². The van der Waals surface area contributed by atoms with E-state index in [0.717, 1.165) is 13.1 Å². The predicted octanol–water partition coefficient (Wildman–Crippen LogP) is 3.68. The average Bonchev–Trinajstić information content (AvgIpc) is 2.37. The molecule has 0 aliphatic carbocycles. The van der Waals surface area contributed by atoms with Crippen LogP contribution in [0.5, 0.6) is 0 Å². The van der Waals surface area contributed by atoms with Gasteiger partial charge < -0.3 is 10.2 Å². The van der Waals surface area contributed by atoms with Gasteiger partial charge in [0.1, 0.15) is 0 Å². The molecule has 0 fully saturated rings. The Hall–Kier alpha value is -0.860. The van der Waals surface area contributed by atoms with Crippen LogP contribution in [0.4, 0.5) is 0 Å². The minimum Gasteiger partial charge on any atom is -0.309 e. The zero-order valence-electron chi connectivity index (χ0n) is 13.5. The van der Waals surface area contributed by atoms with Crippen LogP contribution in [0.2, 0.25) is 0 Å². The van der Waals surface area contributed by atoms with Gasteiger partial charge in [-0.2, -0.15) is 0 Å². The zero-order valence-corrected chi connectivity index (χ0v) is 13.5. The molecule has 0 amide bonds. The summed E-state index contributed by atoms with van der Waals surface area (Å²) in [5, 5.41) is 3.68. The molecule has 0 heterocycles. The van der Waals surface area contributed by atoms with Gasteiger partial charge in [0.2, 0.25) is 0 Å². The van der Waals surface area contributed by atoms with Gasteiger partial charge >= 0.3 is 0 Å². The van der Waals surface area contributed by atoms with Crippen LogP contribution < -0.4 is 5.32 Å². The van der Waals surface area contributed by atoms with E-state index in [4.69, 9.17) is 0 Å². The molecule has 1 aromatic rings. The fourth-order valence-electron chi connectivity index (χ4n) is 2.09. The SMILES string of the molecule is CCCNC(CN(C)C(C)C)c1ccc(C)c(C)c1. The van der Waals surface area contributed by atoms with E-state index in [1.165, 1.54) is 23.1 Å². The molecule has 0 spiro atoms. The minimum absolute atomic E-state index is 0.423. The highest BCUT2D eigenvalue weighted by molar-refractivity contribution is 5.31. The Morgan fingerprint density at radius 2 is 1.84 bits per heavy atom. The first-order chi connectivity index (χ1) is 8.95. The number of likely N-dealkylation sites (N-methyl/N-ethyl adjacent to an activating group) is 1. The smallest absolute Gasteiger partial charge is 0.0449 e. The summed E-state index contributed by atoms with van der Waals surface area (Å²) in [7, 11) is 2.20. The third-order valence-corrected chi connectivity index (χ3v) is 3.93. The lowest BCUT2D eigenvalue weighted by molar-refractivity contribution is 0.242. The van der Waals surface area contributed by atoms with Crippen LogP contribution in [0.3, 0.4) is 0 Å². The van der Waals surface area contributed by atoms with Crippen molar-refractivity contribution in [1.29, 1.82) is 0 Å². The number of nitrogens with one attached hydrogen (secondary N) is 1. The van der Waals surface area contributed by atoms with Gasteiger partial charge in [-0.3, -0.25) is 0 Å². The minimum atomic E-state index is 0.423. The Balaban J connectivity index is 2.85. The summed E-state index contributed by atoms with van der Waals surface area (Å²) in [6.07, 6.45) is 1.17. The predicted molar refractivity (Wildman–Crippen MR) is 84.7 cm³/mol. The number of nitrogens with zero attached hydrogens (tertiary/aromatic N) is 1. The lowest BCUT2D eigenvalue weighted by atomic mass is 10.00. The van der Waals surface area contributed by atoms with E-state index >= 15 is 0 Å². The number of aryl methyl sites for hydroxylation is 2. The third kappa shape index (κ3) is 4.96. The van der Waals surface area contributed by atoms with E-state index in [1.807, 2.05) is 0 Å². The molecule has 0 radical (unpaired) electrons. The molecule has 0 saturated carbocycles. The molecule has 0 bridgehead atoms. The highest BCUT2D eigenvalue weighted by Crippen LogP contribution is 2.18. The maximum Gasteiger partial charge on any atom is 0.0449 e. The Labute approximate surface area is 119 Å². The molecule has 0 saturated heterocycles. The molecule has 108 valence electrons. The van der Waals surface area contributed by atoms with Crippen LogP contribution in [-0.2, 0) is 0 Å². The lowest BCUT2D eigenvalue weighted by Gasteiger charge is -2.28. The molecule has 19 heavy (non-hydrogen) atoms. The van der Waals surface area contributed by atoms with E-state index in [0.29, 0.717) is 12.1 Å². The normalized spacial score (nSPS) is 13.3. The summed E-state index contributed by atoms with van der Waals surface area (Å²) in [6, 6.07) is 7.84. The fourth-order valence-corrected chi connectivity index (χ4v) is 2.09. The summed E-state index contributed by atoms with van der Waals surface area (Å²) in [5.41, 5.74) is 4.16. The Kier molecular flexibility index (Phi) is 6.53. The monoisotopic (exact) mass is 262 g/mol. The molecule has 1 unspecified atom stereocenters. The molecular formula is C17H30N2. The summed E-state index contributed by atoms with van der Waals surface area (Å²) in [5.74, 6) is 0. The number of hydrogen-bond acceptors (Lipinski definition) is 2. The standard InChI is InChI=1S/C17H30N2/c1-7-10-18-17(12-19(6)13(2)3)16-9-8-14(4)15(5)11-16/h8-9,11,13,17-18H,7,10,12H2,1-6H3. The Bertz CT molecular complexity index is 385. The summed E-state index contributed by atoms with van der Waals surface area (Å²) in [6.45, 7) is 13.2. The first kappa shape index (κ1) is 16.2. The van der Waals surface area contributed by atoms with Crippen LogP contribution >= 0.6 is 0 Å². The third-order valence-electron chi connectivity index (χ3n) is 3.93. The molecule has 1 N–H and O–H groups in total. The van der Waals surface area contributed by atoms with Gasteiger partial charge in [0, 0.05) is 18.6 Å². The van der Waals surface area contributed by atoms with Crippen molar-refractivity contribution in [3.63, 3.8) is 0 Å². The van der Waals surface area contributed by atoms with Crippen molar-refractivity contribution >= 4 is 0 Å². The lowest BCUT2D eigenvalue weighted by Crippen LogP contribution is -2.36. The molecule has 1 atom stereocenters. The largest absolute Gasteiger partial charge is 0.309 e. The zero-order chi connectivity index (χ0) is 14.4. The number of benzene rings is 1. The highest BCUT2D eigenvalue weighted by Gasteiger charge is 2.15. The second-order valence-corrected chi connectivity index (χ2v) is 5.88. The summed E-state index contributed by atoms with van der Waals surface area (Å²) < 4.78 is 0. The van der Waals surface area contributed by atoms with E-state index in [-0.39, 0.29) is 0 Å². The maximum absolute atomic E-state index is 3.68. The van der Waals surface area contributed by atoms with Gasteiger partial charge in [0.05, 0.1) is 0 Å². The van der Waals surface area contributed by atoms with Crippen LogP contribution in [-0.4, -0.2) is 31.1 Å². The molecule has 0 aliphatic heterocycles. The van der Waals surface area contributed by atoms with Gasteiger partial charge in [-0.15, -0.1) is 0 Å². The van der Waals surface area contributed by atoms with Crippen LogP contribution in [0.1, 0.15) is 49.9 Å². The molecule has 1 aromatic carbocycles. The molecule has 2 heteroatoms. The van der Waals surface area contributed by atoms with Crippen molar-refractivity contribution in [2.24, 2.45) is 0 Å². The van der Waals surface area contributed by atoms with Crippen molar-refractivity contribution in [3.8, 4) is 0 Å². The molecule has 0 aromatic heterocycles. The van der Waals surface area contributed by atoms with Crippen molar-refractivity contribution in [1.82, 2.24) is 10.2 Å². The topological polar surface area (TPSA) is 15.3 Å². The van der Waals surface area contributed by atoms with Crippen molar-refractivity contribution in [2.45, 2.75) is 53.1 Å². The van der Waals surface area contributed by atoms with Crippen LogP contribution in [0.25, 0.3) is 0 Å². The van der Waals surface area contributed by atoms with E-state index in [9.17, 15) is 0 Å². The Morgan fingerprint density at radius 1 is 1.16 bits per heavy atom. The van der Waals surface area contributed by atoms with Gasteiger partial charge in [-0.05, 0) is 64.4 Å². The summed E-state index contributed by atoms with van der Waals surface area (Å²) >= 11 is 0. The van der Waals surface area contributed by atoms with E-state index < -0.39 is 0 Å². The number of hydrogen-bond donors (Lipinski definition) is 1. The second kappa shape index (κ2) is 7.66. The van der Waals surface area contributed by atoms with Gasteiger partial charge in [-0.25, -0.2) is 0 Å². The van der Waals surface area contributed by atoms with Gasteiger partial charge in [0.25, 0.3) is 0 Å². The molecule has 0 aliphatic rings. The highest BCUT2D eigenvalue weighted by atomic mass is 15.1. The summed E-state index contributed by atoms with van der Waals surface area (Å²) in [4.78, 5) is 2.41. The maximum atomic E-state index is 3.68. The van der Waals surface area contributed by atoms with Crippen LogP contribution in [0, 0.1) is 13.8 Å². The van der Waals surface area contributed by atoms with E-state index in [1.54, 1.807) is 0 Å². The first-order valence-corrected chi connectivity index (χ1v) is 7.46. The van der Waals surface area contributed by atoms with E-state index in [2.05, 4.69) is 70.1 Å². The van der Waals surface area contributed by atoms with Crippen molar-refractivity contribution < 1.29 is 0 Å². The Morgan fingerprint density at radius 3 is 2.37 bits per heavy atom. The first-order valence-electron chi connectivity index (χ1n) is 7.46. The average molecular weight is 262 g/mol. The molecule has 2 nitrogen and oxygen atoms in total.